The molecule has 0 aromatic heterocycles. The van der Waals surface area contributed by atoms with E-state index in [-0.39, 0.29) is 5.69 Å². The summed E-state index contributed by atoms with van der Waals surface area (Å²) >= 11 is 0. The minimum Gasteiger partial charge on any atom is -0.449 e. The van der Waals surface area contributed by atoms with Gasteiger partial charge in [-0.3, -0.25) is 15.4 Å². The van der Waals surface area contributed by atoms with Gasteiger partial charge >= 0.3 is 6.09 Å². The quantitative estimate of drug-likeness (QED) is 0.523. The Kier molecular flexibility index (Phi) is 4.47. The molecule has 1 unspecified atom stereocenters. The molecule has 3 rings (SSSR count). The number of fused-ring (bicyclic) bond motifs is 1. The maximum Gasteiger partial charge on any atom is 0.411 e. The number of nitro benzene ring substituents is 1. The van der Waals surface area contributed by atoms with Crippen molar-refractivity contribution in [1.82, 2.24) is 0 Å². The number of nitrogens with zero attached hydrogens (tertiary/aromatic N) is 1. The molecule has 0 spiro atoms. The molecule has 0 heterocycles. The molecular formula is C17H18N2O4. The first-order chi connectivity index (χ1) is 11.1. The van der Waals surface area contributed by atoms with Gasteiger partial charge in [0.05, 0.1) is 11.5 Å². The lowest BCUT2D eigenvalue weighted by Gasteiger charge is -2.06. The second-order valence-corrected chi connectivity index (χ2v) is 5.95. The number of rotatable bonds is 4. The van der Waals surface area contributed by atoms with Crippen LogP contribution in [0.15, 0.2) is 24.3 Å². The molecule has 23 heavy (non-hydrogen) atoms. The van der Waals surface area contributed by atoms with Crippen molar-refractivity contribution in [2.45, 2.75) is 25.7 Å². The molecule has 120 valence electrons. The van der Waals surface area contributed by atoms with Crippen LogP contribution in [0.5, 0.6) is 0 Å². The lowest BCUT2D eigenvalue weighted by atomic mass is 10.1. The molecule has 0 bridgehead atoms. The van der Waals surface area contributed by atoms with E-state index in [9.17, 15) is 14.9 Å². The predicted octanol–water partition coefficient (Wildman–Crippen LogP) is 3.58. The summed E-state index contributed by atoms with van der Waals surface area (Å²) in [5.74, 6) is 8.03. The Morgan fingerprint density at radius 3 is 2.39 bits per heavy atom. The molecule has 0 aliphatic heterocycles. The second-order valence-electron chi connectivity index (χ2n) is 5.95. The molecule has 1 amide bonds. The maximum absolute atomic E-state index is 11.8. The number of anilines is 1. The van der Waals surface area contributed by atoms with Gasteiger partial charge in [-0.05, 0) is 42.7 Å². The van der Waals surface area contributed by atoms with Crippen molar-refractivity contribution < 1.29 is 14.5 Å². The molecule has 1 aromatic carbocycles. The summed E-state index contributed by atoms with van der Waals surface area (Å²) in [6.45, 7) is 0.425. The van der Waals surface area contributed by atoms with Crippen LogP contribution in [0.25, 0.3) is 0 Å². The molecular weight excluding hydrogens is 296 g/mol. The average molecular weight is 314 g/mol. The zero-order chi connectivity index (χ0) is 16.2. The highest BCUT2D eigenvalue weighted by Crippen LogP contribution is 2.52. The Labute approximate surface area is 134 Å². The van der Waals surface area contributed by atoms with Crippen molar-refractivity contribution in [2.75, 3.05) is 11.9 Å². The molecule has 6 heteroatoms. The maximum atomic E-state index is 11.8. The summed E-state index contributed by atoms with van der Waals surface area (Å²) in [5, 5.41) is 13.2. The van der Waals surface area contributed by atoms with Crippen LogP contribution in [-0.4, -0.2) is 17.6 Å². The van der Waals surface area contributed by atoms with Gasteiger partial charge in [-0.15, -0.1) is 11.8 Å². The van der Waals surface area contributed by atoms with E-state index in [0.717, 1.165) is 25.7 Å². The Hall–Kier alpha value is -2.55. The lowest BCUT2D eigenvalue weighted by Crippen LogP contribution is -2.15. The van der Waals surface area contributed by atoms with Gasteiger partial charge in [0.25, 0.3) is 5.69 Å². The normalized spacial score (nSPS) is 25.0. The van der Waals surface area contributed by atoms with Crippen LogP contribution in [0.3, 0.4) is 0 Å². The Morgan fingerprint density at radius 2 is 1.83 bits per heavy atom. The van der Waals surface area contributed by atoms with E-state index in [1.165, 1.54) is 24.3 Å². The molecule has 1 N–H and O–H groups in total. The van der Waals surface area contributed by atoms with Crippen molar-refractivity contribution in [3.05, 3.63) is 34.4 Å². The fraction of sp³-hybridized carbons (Fsp3) is 0.471. The molecule has 1 aromatic rings. The number of carbonyl (C=O) groups is 1. The number of non-ortho nitro benzene ring substituents is 1. The van der Waals surface area contributed by atoms with Gasteiger partial charge in [0.1, 0.15) is 0 Å². The van der Waals surface area contributed by atoms with Crippen LogP contribution in [0.1, 0.15) is 25.7 Å². The van der Waals surface area contributed by atoms with Crippen molar-refractivity contribution in [2.24, 2.45) is 17.8 Å². The van der Waals surface area contributed by atoms with Gasteiger partial charge in [-0.25, -0.2) is 4.79 Å². The minimum absolute atomic E-state index is 0.0136. The average Bonchev–Trinajstić information content (AvgIpc) is 3.15. The van der Waals surface area contributed by atoms with Gasteiger partial charge in [0.2, 0.25) is 0 Å². The Bertz CT molecular complexity index is 641. The number of ether oxygens (including phenoxy) is 1. The Morgan fingerprint density at radius 1 is 1.22 bits per heavy atom. The van der Waals surface area contributed by atoms with Gasteiger partial charge in [-0.1, -0.05) is 0 Å². The van der Waals surface area contributed by atoms with E-state index < -0.39 is 11.0 Å². The first-order valence-corrected chi connectivity index (χ1v) is 7.79. The summed E-state index contributed by atoms with van der Waals surface area (Å²) in [6.07, 6.45) is 3.54. The zero-order valence-corrected chi connectivity index (χ0v) is 12.7. The van der Waals surface area contributed by atoms with E-state index in [4.69, 9.17) is 4.74 Å². The molecule has 2 aliphatic rings. The van der Waals surface area contributed by atoms with Gasteiger partial charge < -0.3 is 4.74 Å². The number of nitrogens with one attached hydrogen (secondary N) is 1. The largest absolute Gasteiger partial charge is 0.449 e. The first-order valence-electron chi connectivity index (χ1n) is 7.79. The summed E-state index contributed by atoms with van der Waals surface area (Å²) < 4.78 is 5.30. The van der Waals surface area contributed by atoms with Gasteiger partial charge in [0, 0.05) is 30.7 Å². The lowest BCUT2D eigenvalue weighted by molar-refractivity contribution is -0.384. The highest BCUT2D eigenvalue weighted by Gasteiger charge is 2.49. The summed E-state index contributed by atoms with van der Waals surface area (Å²) in [4.78, 5) is 21.9. The number of benzene rings is 1. The molecule has 3 atom stereocenters. The van der Waals surface area contributed by atoms with Gasteiger partial charge in [0.15, 0.2) is 0 Å². The monoisotopic (exact) mass is 314 g/mol. The van der Waals surface area contributed by atoms with Crippen molar-refractivity contribution in [3.8, 4) is 11.8 Å². The molecule has 1 saturated carbocycles. The van der Waals surface area contributed by atoms with E-state index in [2.05, 4.69) is 17.2 Å². The second kappa shape index (κ2) is 6.69. The van der Waals surface area contributed by atoms with Crippen LogP contribution < -0.4 is 5.32 Å². The van der Waals surface area contributed by atoms with E-state index >= 15 is 0 Å². The zero-order valence-electron chi connectivity index (χ0n) is 12.7. The summed E-state index contributed by atoms with van der Waals surface area (Å²) in [6, 6.07) is 5.67. The molecule has 0 radical (unpaired) electrons. The highest BCUT2D eigenvalue weighted by molar-refractivity contribution is 5.84. The number of nitro groups is 1. The van der Waals surface area contributed by atoms with E-state index in [1.807, 2.05) is 0 Å². The number of carbonyl (C=O) groups excluding carboxylic acids is 1. The van der Waals surface area contributed by atoms with Crippen molar-refractivity contribution in [3.63, 3.8) is 0 Å². The van der Waals surface area contributed by atoms with Crippen molar-refractivity contribution >= 4 is 17.5 Å². The van der Waals surface area contributed by atoms with E-state index in [1.54, 1.807) is 0 Å². The third-order valence-corrected chi connectivity index (χ3v) is 4.57. The predicted molar refractivity (Wildman–Crippen MR) is 84.8 cm³/mol. The Balaban J connectivity index is 1.44. The molecule has 1 fully saturated rings. The van der Waals surface area contributed by atoms with E-state index in [0.29, 0.717) is 30.0 Å². The van der Waals surface area contributed by atoms with Crippen LogP contribution >= 0.6 is 0 Å². The van der Waals surface area contributed by atoms with Crippen LogP contribution in [0.2, 0.25) is 0 Å². The highest BCUT2D eigenvalue weighted by atomic mass is 16.6. The first kappa shape index (κ1) is 15.3. The topological polar surface area (TPSA) is 81.5 Å². The molecule has 2 aliphatic carbocycles. The number of amides is 1. The van der Waals surface area contributed by atoms with Gasteiger partial charge in [-0.2, -0.15) is 0 Å². The fourth-order valence-corrected chi connectivity index (χ4v) is 3.27. The minimum atomic E-state index is -0.519. The molecule has 6 nitrogen and oxygen atoms in total. The third kappa shape index (κ3) is 3.81. The standard InChI is InChI=1S/C17H18N2O4/c20-17(18-12-7-9-13(10-8-12)19(21)22)23-11-16-14-5-3-1-2-4-6-15(14)16/h7-10,14-16H,3-6,11H2,(H,18,20)/t14-,15+,16?. The summed E-state index contributed by atoms with van der Waals surface area (Å²) in [7, 11) is 0. The fourth-order valence-electron chi connectivity index (χ4n) is 3.27. The van der Waals surface area contributed by atoms with Crippen LogP contribution in [0, 0.1) is 39.7 Å². The molecule has 0 saturated heterocycles. The number of hydrogen-bond donors (Lipinski definition) is 1. The summed E-state index contributed by atoms with van der Waals surface area (Å²) in [5.41, 5.74) is 0.469. The van der Waals surface area contributed by atoms with Crippen LogP contribution in [0.4, 0.5) is 16.2 Å². The number of hydrogen-bond acceptors (Lipinski definition) is 4. The SMILES string of the molecule is O=C(Nc1ccc([N+](=O)[O-])cc1)OCC1[C@H]2CCC#CCC[C@@H]12. The van der Waals surface area contributed by atoms with Crippen LogP contribution in [-0.2, 0) is 4.74 Å². The smallest absolute Gasteiger partial charge is 0.411 e. The van der Waals surface area contributed by atoms with Crippen molar-refractivity contribution in [1.29, 1.82) is 0 Å². The third-order valence-electron chi connectivity index (χ3n) is 4.57.